The van der Waals surface area contributed by atoms with Gasteiger partial charge in [-0.05, 0) is 193 Å². The van der Waals surface area contributed by atoms with Gasteiger partial charge in [-0.15, -0.1) is 0 Å². The van der Waals surface area contributed by atoms with Crippen LogP contribution in [0.5, 0.6) is 0 Å². The fourth-order valence-electron chi connectivity index (χ4n) is 6.32. The van der Waals surface area contributed by atoms with Crippen LogP contribution in [-0.4, -0.2) is 39.9 Å². The Kier molecular flexibility index (Phi) is 31.5. The first kappa shape index (κ1) is 65.8. The van der Waals surface area contributed by atoms with Crippen LogP contribution in [0.25, 0.3) is 11.1 Å². The molecule has 0 bridgehead atoms. The number of aryl methyl sites for hydroxylation is 18. The highest BCUT2D eigenvalue weighted by atomic mass is 14.8. The molecule has 0 aliphatic rings. The van der Waals surface area contributed by atoms with Gasteiger partial charge < -0.3 is 0 Å². The van der Waals surface area contributed by atoms with E-state index in [1.54, 1.807) is 0 Å². The third-order valence-corrected chi connectivity index (χ3v) is 10.8. The van der Waals surface area contributed by atoms with E-state index in [0.717, 1.165) is 45.6 Å². The summed E-state index contributed by atoms with van der Waals surface area (Å²) in [5.41, 5.74) is 22.0. The summed E-state index contributed by atoms with van der Waals surface area (Å²) >= 11 is 0. The summed E-state index contributed by atoms with van der Waals surface area (Å²) in [6.45, 7) is 36.4. The molecule has 406 valence electrons. The van der Waals surface area contributed by atoms with Crippen LogP contribution in [0.1, 0.15) is 101 Å². The zero-order valence-corrected chi connectivity index (χ0v) is 50.1. The maximum Gasteiger partial charge on any atom is 0.125 e. The molecule has 0 radical (unpaired) electrons. The van der Waals surface area contributed by atoms with E-state index in [0.29, 0.717) is 0 Å². The fourth-order valence-corrected chi connectivity index (χ4v) is 6.32. The minimum atomic E-state index is 0.829. The van der Waals surface area contributed by atoms with Crippen molar-refractivity contribution in [2.45, 2.75) is 125 Å². The van der Waals surface area contributed by atoms with E-state index < -0.39 is 0 Å². The van der Waals surface area contributed by atoms with E-state index in [1.165, 1.54) is 66.8 Å². The first-order valence-electron chi connectivity index (χ1n) is 26.3. The van der Waals surface area contributed by atoms with E-state index in [-0.39, 0.29) is 0 Å². The van der Waals surface area contributed by atoms with Gasteiger partial charge in [-0.1, -0.05) is 155 Å². The predicted molar refractivity (Wildman–Crippen MR) is 331 cm³/mol. The molecule has 0 N–H and O–H groups in total. The van der Waals surface area contributed by atoms with Crippen molar-refractivity contribution in [2.75, 3.05) is 0 Å². The highest BCUT2D eigenvalue weighted by molar-refractivity contribution is 5.63. The largest absolute Gasteiger partial charge is 0.264 e. The lowest BCUT2D eigenvalue weighted by molar-refractivity contribution is 1.03. The van der Waals surface area contributed by atoms with Gasteiger partial charge in [0.1, 0.15) is 11.6 Å². The number of hydrogen-bond acceptors (Lipinski definition) is 8. The van der Waals surface area contributed by atoms with Gasteiger partial charge in [-0.3, -0.25) is 19.9 Å². The molecule has 6 aromatic heterocycles. The smallest absolute Gasteiger partial charge is 0.125 e. The molecule has 78 heavy (non-hydrogen) atoms. The predicted octanol–water partition coefficient (Wildman–Crippen LogP) is 17.6. The molecule has 10 rings (SSSR count). The monoisotopic (exact) mass is 1040 g/mol. The Morgan fingerprint density at radius 1 is 0.205 bits per heavy atom. The Morgan fingerprint density at radius 3 is 0.705 bits per heavy atom. The van der Waals surface area contributed by atoms with Gasteiger partial charge in [0.25, 0.3) is 0 Å². The number of benzene rings is 4. The van der Waals surface area contributed by atoms with Crippen molar-refractivity contribution >= 4 is 0 Å². The van der Waals surface area contributed by atoms with E-state index >= 15 is 0 Å². The molecule has 0 fully saturated rings. The Hall–Kier alpha value is -8.36. The van der Waals surface area contributed by atoms with Gasteiger partial charge in [-0.25, -0.2) is 19.9 Å². The maximum absolute atomic E-state index is 4.17. The second-order valence-electron chi connectivity index (χ2n) is 19.6. The van der Waals surface area contributed by atoms with Crippen LogP contribution in [0.15, 0.2) is 195 Å². The topological polar surface area (TPSA) is 103 Å². The van der Waals surface area contributed by atoms with Gasteiger partial charge in [0.2, 0.25) is 0 Å². The average Bonchev–Trinajstić information content (AvgIpc) is 3.40. The van der Waals surface area contributed by atoms with E-state index in [4.69, 9.17) is 0 Å². The molecule has 6 heterocycles. The highest BCUT2D eigenvalue weighted by Gasteiger charge is 1.96. The van der Waals surface area contributed by atoms with Gasteiger partial charge in [-0.2, -0.15) is 0 Å². The molecule has 4 aromatic carbocycles. The van der Waals surface area contributed by atoms with E-state index in [1.807, 2.05) is 163 Å². The van der Waals surface area contributed by atoms with Crippen molar-refractivity contribution in [2.24, 2.45) is 0 Å². The molecule has 0 spiro atoms. The molecule has 0 aliphatic carbocycles. The third-order valence-electron chi connectivity index (χ3n) is 10.8. The maximum atomic E-state index is 4.17. The summed E-state index contributed by atoms with van der Waals surface area (Å²) in [4.78, 5) is 32.2. The summed E-state index contributed by atoms with van der Waals surface area (Å²) in [6.07, 6.45) is 14.7. The summed E-state index contributed by atoms with van der Waals surface area (Å²) < 4.78 is 0. The van der Waals surface area contributed by atoms with Crippen LogP contribution >= 0.6 is 0 Å². The van der Waals surface area contributed by atoms with Crippen LogP contribution in [0.4, 0.5) is 0 Å². The second kappa shape index (κ2) is 37.4. The first-order chi connectivity index (χ1) is 37.1. The van der Waals surface area contributed by atoms with Crippen molar-refractivity contribution in [1.29, 1.82) is 0 Å². The lowest BCUT2D eigenvalue weighted by atomic mass is 10.0. The van der Waals surface area contributed by atoms with E-state index in [9.17, 15) is 0 Å². The lowest BCUT2D eigenvalue weighted by Gasteiger charge is -2.02. The molecular formula is C70H86N8. The SMILES string of the molecule is Cc1ccc(-c2ccc(C)cc2)cc1.Cc1ccc(C)cc1.Cc1ccc(C)nc1.Cc1ccc(C)nc1.Cc1cccc(C)c1.Cc1cccc(C)n1.Cc1cnc(C)nc1.Cc1cnc(C)nc1.Cc1cncc(C)c1. The Morgan fingerprint density at radius 2 is 0.487 bits per heavy atom. The molecule has 8 heteroatoms. The van der Waals surface area contributed by atoms with Gasteiger partial charge in [0.15, 0.2) is 0 Å². The van der Waals surface area contributed by atoms with Gasteiger partial charge in [0.05, 0.1) is 0 Å². The van der Waals surface area contributed by atoms with Crippen molar-refractivity contribution in [3.8, 4) is 11.1 Å². The van der Waals surface area contributed by atoms with Crippen LogP contribution in [0.3, 0.4) is 0 Å². The summed E-state index contributed by atoms with van der Waals surface area (Å²) in [6, 6.07) is 50.4. The average molecular weight is 1040 g/mol. The molecule has 0 saturated heterocycles. The van der Waals surface area contributed by atoms with Crippen LogP contribution in [0, 0.1) is 125 Å². The number of nitrogens with zero attached hydrogens (tertiary/aromatic N) is 8. The summed E-state index contributed by atoms with van der Waals surface area (Å²) in [5.74, 6) is 1.66. The zero-order valence-electron chi connectivity index (χ0n) is 50.1. The third kappa shape index (κ3) is 32.8. The van der Waals surface area contributed by atoms with Crippen LogP contribution in [-0.2, 0) is 0 Å². The van der Waals surface area contributed by atoms with Crippen LogP contribution in [0.2, 0.25) is 0 Å². The summed E-state index contributed by atoms with van der Waals surface area (Å²) in [5, 5.41) is 0. The molecule has 0 aliphatic heterocycles. The van der Waals surface area contributed by atoms with Crippen molar-refractivity contribution in [3.05, 3.63) is 296 Å². The minimum Gasteiger partial charge on any atom is -0.264 e. The molecule has 8 nitrogen and oxygen atoms in total. The Bertz CT molecular complexity index is 2580. The van der Waals surface area contributed by atoms with Crippen molar-refractivity contribution < 1.29 is 0 Å². The van der Waals surface area contributed by atoms with Gasteiger partial charge in [0, 0.05) is 72.4 Å². The second-order valence-corrected chi connectivity index (χ2v) is 19.6. The minimum absolute atomic E-state index is 0.829. The zero-order chi connectivity index (χ0) is 57.8. The molecule has 0 atom stereocenters. The summed E-state index contributed by atoms with van der Waals surface area (Å²) in [7, 11) is 0. The fraction of sp³-hybridized carbons (Fsp3) is 0.257. The first-order valence-corrected chi connectivity index (χ1v) is 26.3. The normalized spacial score (nSPS) is 9.41. The number of pyridine rings is 4. The van der Waals surface area contributed by atoms with Crippen molar-refractivity contribution in [3.63, 3.8) is 0 Å². The van der Waals surface area contributed by atoms with Crippen molar-refractivity contribution in [1.82, 2.24) is 39.9 Å². The standard InChI is InChI=1S/C14H14.2C8H10.4C7H9N.2C6H8N2/c1-11-3-7-13(8-4-11)14-9-5-12(2)6-10-14;1-7-3-5-8(2)6-4-7;1-7-4-3-5-8(2)6-7;1-6-3-7(2)5-8-4-6;2*1-6-3-4-7(2)8-5-6;1-6-4-3-5-7(2)8-6;2*1-5-3-7-6(2)8-4-5/h3-10H,1-2H3;2*3-6H,1-2H3;4*3-5H,1-2H3;2*3-4H,1-2H3. The Labute approximate surface area is 469 Å². The number of hydrogen-bond donors (Lipinski definition) is 0. The Balaban J connectivity index is 0.000000302. The molecule has 10 aromatic rings. The quantitative estimate of drug-likeness (QED) is 0.160. The molecule has 0 unspecified atom stereocenters. The molecule has 0 amide bonds. The van der Waals surface area contributed by atoms with Gasteiger partial charge >= 0.3 is 0 Å². The highest BCUT2D eigenvalue weighted by Crippen LogP contribution is 2.20. The van der Waals surface area contributed by atoms with Crippen LogP contribution < -0.4 is 0 Å². The molecule has 0 saturated carbocycles. The molecular weight excluding hydrogens is 953 g/mol. The lowest BCUT2D eigenvalue weighted by Crippen LogP contribution is -1.84. The number of aromatic nitrogens is 8. The number of rotatable bonds is 1. The van der Waals surface area contributed by atoms with E-state index in [2.05, 4.69) is 197 Å².